The molecule has 2 atom stereocenters. The third-order valence-electron chi connectivity index (χ3n) is 4.27. The van der Waals surface area contributed by atoms with Crippen molar-refractivity contribution in [1.29, 1.82) is 0 Å². The number of nitrogens with one attached hydrogen (secondary N) is 1. The molecule has 1 amide bonds. The summed E-state index contributed by atoms with van der Waals surface area (Å²) in [7, 11) is 0. The SMILES string of the molecule is C[C@H](OC(=O)/C=C/c1cccs1)C(=O)N[C@@H]1CCCc2ccccc21. The maximum Gasteiger partial charge on any atom is 0.331 e. The van der Waals surface area contributed by atoms with E-state index in [1.165, 1.54) is 28.5 Å². The third-order valence-corrected chi connectivity index (χ3v) is 5.11. The number of ether oxygens (including phenoxy) is 1. The van der Waals surface area contributed by atoms with Crippen molar-refractivity contribution in [2.45, 2.75) is 38.3 Å². The van der Waals surface area contributed by atoms with Crippen molar-refractivity contribution >= 4 is 29.3 Å². The summed E-state index contributed by atoms with van der Waals surface area (Å²) in [5, 5.41) is 4.95. The van der Waals surface area contributed by atoms with Gasteiger partial charge in [0.1, 0.15) is 0 Å². The second kappa shape index (κ2) is 8.12. The first-order valence-electron chi connectivity index (χ1n) is 8.44. The average molecular weight is 355 g/mol. The van der Waals surface area contributed by atoms with Crippen molar-refractivity contribution in [3.05, 3.63) is 63.9 Å². The molecule has 0 aliphatic heterocycles. The molecule has 0 fully saturated rings. The predicted molar refractivity (Wildman–Crippen MR) is 99.2 cm³/mol. The normalized spacial score (nSPS) is 17.7. The molecule has 0 saturated carbocycles. The maximum atomic E-state index is 12.4. The zero-order valence-electron chi connectivity index (χ0n) is 14.1. The van der Waals surface area contributed by atoms with Crippen molar-refractivity contribution < 1.29 is 14.3 Å². The Morgan fingerprint density at radius 2 is 2.12 bits per heavy atom. The van der Waals surface area contributed by atoms with Gasteiger partial charge in [-0.05, 0) is 54.8 Å². The maximum absolute atomic E-state index is 12.4. The summed E-state index contributed by atoms with van der Waals surface area (Å²) >= 11 is 1.53. The van der Waals surface area contributed by atoms with Gasteiger partial charge in [-0.25, -0.2) is 4.79 Å². The van der Waals surface area contributed by atoms with Gasteiger partial charge >= 0.3 is 5.97 Å². The molecule has 0 spiro atoms. The quantitative estimate of drug-likeness (QED) is 0.654. The number of benzene rings is 1. The number of esters is 1. The van der Waals surface area contributed by atoms with Crippen molar-refractivity contribution in [2.75, 3.05) is 0 Å². The van der Waals surface area contributed by atoms with Crippen LogP contribution in [0, 0.1) is 0 Å². The lowest BCUT2D eigenvalue weighted by atomic mass is 9.87. The molecular weight excluding hydrogens is 334 g/mol. The second-order valence-electron chi connectivity index (χ2n) is 6.08. The number of rotatable bonds is 5. The summed E-state index contributed by atoms with van der Waals surface area (Å²) < 4.78 is 5.21. The van der Waals surface area contributed by atoms with Gasteiger partial charge in [-0.1, -0.05) is 30.3 Å². The minimum Gasteiger partial charge on any atom is -0.449 e. The van der Waals surface area contributed by atoms with Gasteiger partial charge in [0, 0.05) is 11.0 Å². The fourth-order valence-corrected chi connectivity index (χ4v) is 3.61. The van der Waals surface area contributed by atoms with Gasteiger partial charge in [-0.15, -0.1) is 11.3 Å². The van der Waals surface area contributed by atoms with E-state index in [4.69, 9.17) is 4.74 Å². The third kappa shape index (κ3) is 4.57. The molecule has 2 aromatic rings. The van der Waals surface area contributed by atoms with Crippen LogP contribution in [0.4, 0.5) is 0 Å². The van der Waals surface area contributed by atoms with Crippen LogP contribution in [0.5, 0.6) is 0 Å². The van der Waals surface area contributed by atoms with Crippen LogP contribution in [0.25, 0.3) is 6.08 Å². The highest BCUT2D eigenvalue weighted by molar-refractivity contribution is 7.10. The van der Waals surface area contributed by atoms with E-state index in [1.54, 1.807) is 13.0 Å². The zero-order chi connectivity index (χ0) is 17.6. The Balaban J connectivity index is 1.55. The molecule has 0 bridgehead atoms. The fourth-order valence-electron chi connectivity index (χ4n) is 3.00. The summed E-state index contributed by atoms with van der Waals surface area (Å²) in [6.45, 7) is 1.60. The lowest BCUT2D eigenvalue weighted by Crippen LogP contribution is -2.39. The lowest BCUT2D eigenvalue weighted by Gasteiger charge is -2.27. The molecule has 4 nitrogen and oxygen atoms in total. The highest BCUT2D eigenvalue weighted by Crippen LogP contribution is 2.29. The molecule has 5 heteroatoms. The Kier molecular flexibility index (Phi) is 5.66. The van der Waals surface area contributed by atoms with Gasteiger partial charge < -0.3 is 10.1 Å². The second-order valence-corrected chi connectivity index (χ2v) is 7.06. The van der Waals surface area contributed by atoms with E-state index in [0.717, 1.165) is 24.1 Å². The molecule has 0 unspecified atom stereocenters. The van der Waals surface area contributed by atoms with E-state index in [0.29, 0.717) is 0 Å². The average Bonchev–Trinajstić information content (AvgIpc) is 3.14. The number of hydrogen-bond donors (Lipinski definition) is 1. The van der Waals surface area contributed by atoms with Crippen molar-refractivity contribution in [1.82, 2.24) is 5.32 Å². The molecule has 0 saturated heterocycles. The summed E-state index contributed by atoms with van der Waals surface area (Å²) in [6, 6.07) is 12.0. The number of carbonyl (C=O) groups excluding carboxylic acids is 2. The summed E-state index contributed by atoms with van der Waals surface area (Å²) in [5.41, 5.74) is 2.45. The minimum atomic E-state index is -0.824. The first-order valence-corrected chi connectivity index (χ1v) is 9.32. The van der Waals surface area contributed by atoms with Crippen LogP contribution in [0.2, 0.25) is 0 Å². The molecule has 130 valence electrons. The largest absolute Gasteiger partial charge is 0.449 e. The van der Waals surface area contributed by atoms with E-state index in [1.807, 2.05) is 29.6 Å². The molecule has 1 aliphatic rings. The molecule has 25 heavy (non-hydrogen) atoms. The Bertz CT molecular complexity index is 767. The zero-order valence-corrected chi connectivity index (χ0v) is 14.9. The van der Waals surface area contributed by atoms with Gasteiger partial charge in [-0.2, -0.15) is 0 Å². The van der Waals surface area contributed by atoms with Crippen LogP contribution < -0.4 is 5.32 Å². The summed E-state index contributed by atoms with van der Waals surface area (Å²) in [4.78, 5) is 25.2. The van der Waals surface area contributed by atoms with Gasteiger partial charge in [0.15, 0.2) is 6.10 Å². The number of carbonyl (C=O) groups is 2. The molecule has 1 aromatic heterocycles. The van der Waals surface area contributed by atoms with Crippen LogP contribution in [0.15, 0.2) is 47.9 Å². The lowest BCUT2D eigenvalue weighted by molar-refractivity contribution is -0.150. The van der Waals surface area contributed by atoms with Gasteiger partial charge in [0.2, 0.25) is 0 Å². The highest BCUT2D eigenvalue weighted by Gasteiger charge is 2.24. The van der Waals surface area contributed by atoms with Crippen LogP contribution in [-0.2, 0) is 20.7 Å². The first-order chi connectivity index (χ1) is 12.1. The summed E-state index contributed by atoms with van der Waals surface area (Å²) in [6.07, 6.45) is 5.21. The van der Waals surface area contributed by atoms with Crippen molar-refractivity contribution in [3.8, 4) is 0 Å². The number of hydrogen-bond acceptors (Lipinski definition) is 4. The predicted octanol–water partition coefficient (Wildman–Crippen LogP) is 3.89. The van der Waals surface area contributed by atoms with Gasteiger partial charge in [0.05, 0.1) is 6.04 Å². The first kappa shape index (κ1) is 17.4. The van der Waals surface area contributed by atoms with Crippen LogP contribution in [-0.4, -0.2) is 18.0 Å². The Labute approximate surface area is 151 Å². The van der Waals surface area contributed by atoms with E-state index in [9.17, 15) is 9.59 Å². The minimum absolute atomic E-state index is 0.0136. The molecule has 0 radical (unpaired) electrons. The van der Waals surface area contributed by atoms with Crippen molar-refractivity contribution in [2.24, 2.45) is 0 Å². The Hall–Kier alpha value is -2.40. The van der Waals surface area contributed by atoms with E-state index in [-0.39, 0.29) is 11.9 Å². The number of fused-ring (bicyclic) bond motifs is 1. The van der Waals surface area contributed by atoms with Crippen molar-refractivity contribution in [3.63, 3.8) is 0 Å². The molecule has 3 rings (SSSR count). The monoisotopic (exact) mass is 355 g/mol. The van der Waals surface area contributed by atoms with Crippen LogP contribution >= 0.6 is 11.3 Å². The number of aryl methyl sites for hydroxylation is 1. The van der Waals surface area contributed by atoms with Crippen LogP contribution in [0.1, 0.15) is 41.8 Å². The topological polar surface area (TPSA) is 55.4 Å². The number of amides is 1. The standard InChI is InChI=1S/C20H21NO3S/c1-14(24-19(22)12-11-16-8-5-13-25-16)20(23)21-18-10-4-7-15-6-2-3-9-17(15)18/h2-3,5-6,8-9,11-14,18H,4,7,10H2,1H3,(H,21,23)/b12-11+/t14-,18+/m0/s1. The fraction of sp³-hybridized carbons (Fsp3) is 0.300. The van der Waals surface area contributed by atoms with E-state index < -0.39 is 12.1 Å². The Morgan fingerprint density at radius 3 is 2.92 bits per heavy atom. The molecule has 1 heterocycles. The van der Waals surface area contributed by atoms with E-state index >= 15 is 0 Å². The number of thiophene rings is 1. The van der Waals surface area contributed by atoms with Crippen LogP contribution in [0.3, 0.4) is 0 Å². The van der Waals surface area contributed by atoms with Gasteiger partial charge in [0.25, 0.3) is 5.91 Å². The molecule has 1 N–H and O–H groups in total. The summed E-state index contributed by atoms with van der Waals surface area (Å²) in [5.74, 6) is -0.778. The molecule has 1 aliphatic carbocycles. The molecule has 1 aromatic carbocycles. The Morgan fingerprint density at radius 1 is 1.28 bits per heavy atom. The van der Waals surface area contributed by atoms with Gasteiger partial charge in [-0.3, -0.25) is 4.79 Å². The van der Waals surface area contributed by atoms with E-state index in [2.05, 4.69) is 17.4 Å². The smallest absolute Gasteiger partial charge is 0.331 e. The highest BCUT2D eigenvalue weighted by atomic mass is 32.1. The molecular formula is C20H21NO3S.